The zero-order valence-electron chi connectivity index (χ0n) is 28.7. The van der Waals surface area contributed by atoms with Crippen LogP contribution in [0.4, 0.5) is 0 Å². The molecular formula is C38H51N7O3. The number of likely N-dealkylation sites (tertiary alicyclic amines) is 2. The molecule has 10 nitrogen and oxygen atoms in total. The molecule has 0 spiro atoms. The van der Waals surface area contributed by atoms with E-state index in [0.717, 1.165) is 61.3 Å². The number of aromatic nitrogens is 2. The maximum atomic E-state index is 14.5. The Balaban J connectivity index is 1.06. The Morgan fingerprint density at radius 1 is 1.00 bits per heavy atom. The number of fused-ring (bicyclic) bond motifs is 1. The predicted molar refractivity (Wildman–Crippen MR) is 186 cm³/mol. The van der Waals surface area contributed by atoms with Crippen LogP contribution in [0.15, 0.2) is 48.7 Å². The van der Waals surface area contributed by atoms with Crippen LogP contribution in [0.2, 0.25) is 0 Å². The Hall–Kier alpha value is -3.76. The van der Waals surface area contributed by atoms with Crippen molar-refractivity contribution >= 4 is 28.6 Å². The fourth-order valence-corrected chi connectivity index (χ4v) is 8.36. The third-order valence-electron chi connectivity index (χ3n) is 11.4. The van der Waals surface area contributed by atoms with Crippen molar-refractivity contribution in [3.05, 3.63) is 65.4 Å². The van der Waals surface area contributed by atoms with E-state index in [1.165, 1.54) is 24.0 Å². The van der Waals surface area contributed by atoms with Crippen LogP contribution in [-0.4, -0.2) is 99.6 Å². The molecule has 0 unspecified atom stereocenters. The molecule has 0 radical (unpaired) electrons. The zero-order valence-corrected chi connectivity index (χ0v) is 28.7. The Kier molecular flexibility index (Phi) is 9.56. The quantitative estimate of drug-likeness (QED) is 0.367. The molecular weight excluding hydrogens is 602 g/mol. The van der Waals surface area contributed by atoms with Gasteiger partial charge in [0, 0.05) is 57.7 Å². The molecule has 1 saturated carbocycles. The van der Waals surface area contributed by atoms with Gasteiger partial charge in [-0.3, -0.25) is 19.1 Å². The number of nitrogens with one attached hydrogen (secondary N) is 2. The van der Waals surface area contributed by atoms with Gasteiger partial charge in [0.05, 0.1) is 23.7 Å². The van der Waals surface area contributed by atoms with Crippen LogP contribution in [0, 0.1) is 18.8 Å². The molecule has 7 rings (SSSR count). The van der Waals surface area contributed by atoms with Crippen LogP contribution in [0.25, 0.3) is 10.9 Å². The van der Waals surface area contributed by atoms with Gasteiger partial charge in [-0.15, -0.1) is 0 Å². The summed E-state index contributed by atoms with van der Waals surface area (Å²) < 4.78 is 1.83. The highest BCUT2D eigenvalue weighted by molar-refractivity contribution is 5.94. The van der Waals surface area contributed by atoms with E-state index in [1.807, 2.05) is 42.0 Å². The third kappa shape index (κ3) is 7.01. The molecule has 0 bridgehead atoms. The Bertz CT molecular complexity index is 1620. The Morgan fingerprint density at radius 3 is 2.50 bits per heavy atom. The van der Waals surface area contributed by atoms with E-state index in [4.69, 9.17) is 0 Å². The van der Waals surface area contributed by atoms with E-state index in [-0.39, 0.29) is 29.7 Å². The lowest BCUT2D eigenvalue weighted by Crippen LogP contribution is -2.60. The first-order valence-electron chi connectivity index (χ1n) is 18.0. The number of nitrogens with zero attached hydrogens (tertiary/aromatic N) is 5. The van der Waals surface area contributed by atoms with E-state index >= 15 is 0 Å². The fourth-order valence-electron chi connectivity index (χ4n) is 8.36. The van der Waals surface area contributed by atoms with E-state index in [1.54, 1.807) is 4.90 Å². The number of amides is 3. The fraction of sp³-hybridized carbons (Fsp3) is 0.579. The van der Waals surface area contributed by atoms with Crippen LogP contribution < -0.4 is 10.6 Å². The molecule has 3 amide bonds. The van der Waals surface area contributed by atoms with Crippen molar-refractivity contribution in [1.29, 1.82) is 0 Å². The van der Waals surface area contributed by atoms with E-state index in [2.05, 4.69) is 57.9 Å². The molecule has 2 aromatic carbocycles. The van der Waals surface area contributed by atoms with E-state index < -0.39 is 18.0 Å². The summed E-state index contributed by atoms with van der Waals surface area (Å²) >= 11 is 0. The largest absolute Gasteiger partial charge is 0.350 e. The number of carbonyl (C=O) groups is 3. The van der Waals surface area contributed by atoms with Crippen molar-refractivity contribution in [2.24, 2.45) is 18.9 Å². The second-order valence-corrected chi connectivity index (χ2v) is 14.8. The van der Waals surface area contributed by atoms with Gasteiger partial charge in [0.15, 0.2) is 0 Å². The van der Waals surface area contributed by atoms with Crippen LogP contribution in [0.5, 0.6) is 0 Å². The smallest absolute Gasteiger partial charge is 0.243 e. The molecule has 3 saturated heterocycles. The summed E-state index contributed by atoms with van der Waals surface area (Å²) in [6.07, 6.45) is 9.35. The third-order valence-corrected chi connectivity index (χ3v) is 11.4. The first-order chi connectivity index (χ1) is 23.2. The molecule has 1 aliphatic carbocycles. The number of hydrogen-bond donors (Lipinski definition) is 2. The molecule has 3 aromatic rings. The molecule has 2 N–H and O–H groups in total. The second-order valence-electron chi connectivity index (χ2n) is 14.8. The van der Waals surface area contributed by atoms with Crippen molar-refractivity contribution in [2.45, 2.75) is 89.0 Å². The van der Waals surface area contributed by atoms with Crippen molar-refractivity contribution in [2.75, 3.05) is 33.2 Å². The normalized spacial score (nSPS) is 25.4. The number of hydrogen-bond acceptors (Lipinski definition) is 6. The van der Waals surface area contributed by atoms with Crippen molar-refractivity contribution in [3.63, 3.8) is 0 Å². The molecule has 4 atom stereocenters. The average molecular weight is 654 g/mol. The van der Waals surface area contributed by atoms with E-state index in [0.29, 0.717) is 32.5 Å². The van der Waals surface area contributed by atoms with Gasteiger partial charge < -0.3 is 25.3 Å². The molecule has 48 heavy (non-hydrogen) atoms. The molecule has 1 aromatic heterocycles. The number of rotatable bonds is 9. The maximum Gasteiger partial charge on any atom is 0.243 e. The van der Waals surface area contributed by atoms with Gasteiger partial charge in [-0.25, -0.2) is 0 Å². The zero-order chi connectivity index (χ0) is 33.4. The minimum absolute atomic E-state index is 0.0626. The highest BCUT2D eigenvalue weighted by atomic mass is 16.2. The minimum Gasteiger partial charge on any atom is -0.350 e. The lowest BCUT2D eigenvalue weighted by Gasteiger charge is -2.41. The summed E-state index contributed by atoms with van der Waals surface area (Å²) in [6, 6.07) is 14.4. The molecule has 3 aliphatic heterocycles. The van der Waals surface area contributed by atoms with Gasteiger partial charge >= 0.3 is 0 Å². The highest BCUT2D eigenvalue weighted by Crippen LogP contribution is 2.33. The van der Waals surface area contributed by atoms with Crippen molar-refractivity contribution in [3.8, 4) is 0 Å². The summed E-state index contributed by atoms with van der Waals surface area (Å²) in [5, 5.41) is 11.9. The monoisotopic (exact) mass is 653 g/mol. The van der Waals surface area contributed by atoms with Gasteiger partial charge in [-0.2, -0.15) is 5.10 Å². The lowest BCUT2D eigenvalue weighted by molar-refractivity contribution is -0.148. The number of carbonyl (C=O) groups excluding carboxylic acids is 3. The van der Waals surface area contributed by atoms with Crippen molar-refractivity contribution < 1.29 is 14.4 Å². The summed E-state index contributed by atoms with van der Waals surface area (Å²) in [4.78, 5) is 48.8. The summed E-state index contributed by atoms with van der Waals surface area (Å²) in [5.74, 6) is -0.472. The SMILES string of the molecule is Cc1ccc(C[C@@H]2C[C@@H](C(=O)NCc3ccc4c(cnn4C)c3)N(C(=O)[C@@H]3NCCC[C@@H]3C(=O)N(C)C3CCN(C4CC4)CC3)C2)cc1. The first kappa shape index (κ1) is 32.8. The standard InChI is InChI=1S/C38H51N7O3/c1-25-6-8-26(9-7-25)19-28-21-34(36(46)40-22-27-10-13-33-29(20-27)23-41-43(33)3)45(24-28)38(48)35-32(5-4-16-39-35)37(47)42(2)30-14-17-44(18-15-30)31-11-12-31/h6-10,13,20,23,28,30-32,34-35,39H,4-5,11-12,14-19,21-22,24H2,1-3H3,(H,40,46)/t28-,32+,34+,35-/m1/s1. The van der Waals surface area contributed by atoms with Crippen LogP contribution in [-0.2, 0) is 34.4 Å². The van der Waals surface area contributed by atoms with Gasteiger partial charge in [-0.1, -0.05) is 35.9 Å². The highest BCUT2D eigenvalue weighted by Gasteiger charge is 2.46. The van der Waals surface area contributed by atoms with E-state index in [9.17, 15) is 14.4 Å². The Morgan fingerprint density at radius 2 is 1.75 bits per heavy atom. The van der Waals surface area contributed by atoms with Crippen molar-refractivity contribution in [1.82, 2.24) is 35.1 Å². The number of benzene rings is 2. The topological polar surface area (TPSA) is 103 Å². The summed E-state index contributed by atoms with van der Waals surface area (Å²) in [6.45, 7) is 5.73. The summed E-state index contributed by atoms with van der Waals surface area (Å²) in [7, 11) is 3.85. The summed E-state index contributed by atoms with van der Waals surface area (Å²) in [5.41, 5.74) is 4.44. The predicted octanol–water partition coefficient (Wildman–Crippen LogP) is 3.41. The molecule has 256 valence electrons. The Labute approximate surface area is 284 Å². The molecule has 4 fully saturated rings. The van der Waals surface area contributed by atoms with Gasteiger partial charge in [-0.05, 0) is 94.0 Å². The van der Waals surface area contributed by atoms with Gasteiger partial charge in [0.2, 0.25) is 17.7 Å². The number of aryl methyl sites for hydroxylation is 2. The van der Waals surface area contributed by atoms with Crippen LogP contribution >= 0.6 is 0 Å². The average Bonchev–Trinajstić information content (AvgIpc) is 3.79. The van der Waals surface area contributed by atoms with Crippen LogP contribution in [0.1, 0.15) is 61.6 Å². The number of piperidine rings is 2. The molecule has 10 heteroatoms. The maximum absolute atomic E-state index is 14.5. The van der Waals surface area contributed by atoms with Crippen LogP contribution in [0.3, 0.4) is 0 Å². The minimum atomic E-state index is -0.623. The molecule has 4 heterocycles. The second kappa shape index (κ2) is 14.0. The lowest BCUT2D eigenvalue weighted by atomic mass is 9.87. The van der Waals surface area contributed by atoms with Gasteiger partial charge in [0.25, 0.3) is 0 Å². The molecule has 4 aliphatic rings. The van der Waals surface area contributed by atoms with Gasteiger partial charge in [0.1, 0.15) is 6.04 Å². The first-order valence-corrected chi connectivity index (χ1v) is 18.0.